The van der Waals surface area contributed by atoms with E-state index in [0.717, 1.165) is 0 Å². The molecular formula is C19H34O15. The van der Waals surface area contributed by atoms with E-state index in [1.807, 2.05) is 0 Å². The van der Waals surface area contributed by atoms with E-state index in [2.05, 4.69) is 0 Å². The third kappa shape index (κ3) is 5.39. The monoisotopic (exact) mass is 502 g/mol. The molecule has 0 spiro atoms. The van der Waals surface area contributed by atoms with Gasteiger partial charge in [-0.05, 0) is 6.92 Å². The number of rotatable bonds is 7. The Morgan fingerprint density at radius 2 is 1.00 bits per heavy atom. The normalized spacial score (nSPS) is 52.5. The van der Waals surface area contributed by atoms with Crippen molar-refractivity contribution in [1.82, 2.24) is 0 Å². The zero-order valence-electron chi connectivity index (χ0n) is 18.3. The van der Waals surface area contributed by atoms with Gasteiger partial charge in [0, 0.05) is 0 Å². The highest BCUT2D eigenvalue weighted by Gasteiger charge is 2.53. The smallest absolute Gasteiger partial charge is 0.187 e. The minimum atomic E-state index is -1.84. The summed E-state index contributed by atoms with van der Waals surface area (Å²) in [7, 11) is 0. The first-order valence-electron chi connectivity index (χ1n) is 10.9. The van der Waals surface area contributed by atoms with E-state index in [9.17, 15) is 51.1 Å². The zero-order valence-corrected chi connectivity index (χ0v) is 18.3. The minimum Gasteiger partial charge on any atom is -0.394 e. The molecule has 0 aromatic heterocycles. The van der Waals surface area contributed by atoms with Gasteiger partial charge in [-0.2, -0.15) is 0 Å². The van der Waals surface area contributed by atoms with Crippen LogP contribution >= 0.6 is 0 Å². The molecule has 15 atom stereocenters. The molecule has 0 saturated carbocycles. The van der Waals surface area contributed by atoms with E-state index in [1.165, 1.54) is 6.92 Å². The van der Waals surface area contributed by atoms with E-state index in [-0.39, 0.29) is 0 Å². The van der Waals surface area contributed by atoms with Crippen molar-refractivity contribution < 1.29 is 74.7 Å². The third-order valence-corrected chi connectivity index (χ3v) is 6.36. The molecule has 3 fully saturated rings. The van der Waals surface area contributed by atoms with Crippen LogP contribution in [-0.2, 0) is 23.7 Å². The van der Waals surface area contributed by atoms with Gasteiger partial charge in [-0.1, -0.05) is 0 Å². The summed E-state index contributed by atoms with van der Waals surface area (Å²) in [5.41, 5.74) is 0. The number of aliphatic hydroxyl groups excluding tert-OH is 10. The largest absolute Gasteiger partial charge is 0.394 e. The van der Waals surface area contributed by atoms with Crippen LogP contribution in [0.25, 0.3) is 0 Å². The van der Waals surface area contributed by atoms with E-state index >= 15 is 0 Å². The zero-order chi connectivity index (χ0) is 25.3. The van der Waals surface area contributed by atoms with Gasteiger partial charge in [-0.25, -0.2) is 0 Å². The van der Waals surface area contributed by atoms with Gasteiger partial charge in [0.1, 0.15) is 73.2 Å². The Morgan fingerprint density at radius 1 is 0.500 bits per heavy atom. The maximum Gasteiger partial charge on any atom is 0.187 e. The quantitative estimate of drug-likeness (QED) is 0.155. The Labute approximate surface area is 194 Å². The number of aliphatic hydroxyl groups is 10. The van der Waals surface area contributed by atoms with Crippen LogP contribution in [0.1, 0.15) is 6.92 Å². The van der Waals surface area contributed by atoms with Crippen LogP contribution in [0.15, 0.2) is 0 Å². The molecule has 0 aromatic rings. The SMILES string of the molecule is CC1OC(CO)C(OC2OC(CO)C(O)C(OC3OC(CO)C(O)C(O)C3O)C2O)C(O)C1O. The van der Waals surface area contributed by atoms with Crippen LogP contribution in [0, 0.1) is 0 Å². The molecule has 3 rings (SSSR count). The van der Waals surface area contributed by atoms with Gasteiger partial charge in [0.15, 0.2) is 12.6 Å². The molecule has 0 aromatic carbocycles. The molecule has 0 bridgehead atoms. The van der Waals surface area contributed by atoms with E-state index < -0.39 is 112 Å². The second kappa shape index (κ2) is 11.6. The van der Waals surface area contributed by atoms with Crippen LogP contribution < -0.4 is 0 Å². The Hall–Kier alpha value is -0.600. The Balaban J connectivity index is 1.78. The average molecular weight is 502 g/mol. The molecule has 200 valence electrons. The van der Waals surface area contributed by atoms with Crippen LogP contribution in [0.4, 0.5) is 0 Å². The standard InChI is InChI=1S/C19H34O15/c1-5-9(23)13(27)16(8(4-22)30-5)33-19-15(29)17(11(25)7(3-21)32-19)34-18-14(28)12(26)10(24)6(2-20)31-18/h5-29H,2-4H2,1H3. The fourth-order valence-electron chi connectivity index (χ4n) is 4.26. The molecule has 0 amide bonds. The van der Waals surface area contributed by atoms with Crippen LogP contribution in [0.3, 0.4) is 0 Å². The first-order valence-corrected chi connectivity index (χ1v) is 10.9. The second-order valence-corrected chi connectivity index (χ2v) is 8.65. The van der Waals surface area contributed by atoms with Gasteiger partial charge in [0.25, 0.3) is 0 Å². The summed E-state index contributed by atoms with van der Waals surface area (Å²) in [6.45, 7) is -0.646. The Bertz CT molecular complexity index is 637. The van der Waals surface area contributed by atoms with Crippen molar-refractivity contribution in [3.05, 3.63) is 0 Å². The first-order chi connectivity index (χ1) is 16.0. The summed E-state index contributed by atoms with van der Waals surface area (Å²) in [5, 5.41) is 100. The van der Waals surface area contributed by atoms with Crippen molar-refractivity contribution in [3.8, 4) is 0 Å². The highest BCUT2D eigenvalue weighted by Crippen LogP contribution is 2.32. The lowest BCUT2D eigenvalue weighted by molar-refractivity contribution is -0.373. The second-order valence-electron chi connectivity index (χ2n) is 8.65. The molecular weight excluding hydrogens is 468 g/mol. The van der Waals surface area contributed by atoms with Gasteiger partial charge in [0.05, 0.1) is 25.9 Å². The number of ether oxygens (including phenoxy) is 5. The number of hydrogen-bond acceptors (Lipinski definition) is 15. The molecule has 3 heterocycles. The van der Waals surface area contributed by atoms with Crippen molar-refractivity contribution >= 4 is 0 Å². The third-order valence-electron chi connectivity index (χ3n) is 6.36. The van der Waals surface area contributed by atoms with Gasteiger partial charge in [-0.15, -0.1) is 0 Å². The van der Waals surface area contributed by atoms with Crippen LogP contribution in [0.2, 0.25) is 0 Å². The molecule has 15 heteroatoms. The molecule has 10 N–H and O–H groups in total. The highest BCUT2D eigenvalue weighted by atomic mass is 16.7. The molecule has 0 radical (unpaired) electrons. The summed E-state index contributed by atoms with van der Waals surface area (Å²) in [6.07, 6.45) is -22.9. The van der Waals surface area contributed by atoms with Gasteiger partial charge in [-0.3, -0.25) is 0 Å². The lowest BCUT2D eigenvalue weighted by atomic mass is 9.94. The van der Waals surface area contributed by atoms with Gasteiger partial charge < -0.3 is 74.7 Å². The predicted molar refractivity (Wildman–Crippen MR) is 105 cm³/mol. The lowest BCUT2D eigenvalue weighted by Crippen LogP contribution is -2.66. The van der Waals surface area contributed by atoms with Crippen molar-refractivity contribution in [1.29, 1.82) is 0 Å². The molecule has 34 heavy (non-hydrogen) atoms. The van der Waals surface area contributed by atoms with Crippen molar-refractivity contribution in [2.24, 2.45) is 0 Å². The topological polar surface area (TPSA) is 248 Å². The molecule has 3 saturated heterocycles. The summed E-state index contributed by atoms with van der Waals surface area (Å²) >= 11 is 0. The van der Waals surface area contributed by atoms with Crippen molar-refractivity contribution in [2.75, 3.05) is 19.8 Å². The van der Waals surface area contributed by atoms with Gasteiger partial charge >= 0.3 is 0 Å². The summed E-state index contributed by atoms with van der Waals surface area (Å²) in [4.78, 5) is 0. The highest BCUT2D eigenvalue weighted by molar-refractivity contribution is 4.96. The van der Waals surface area contributed by atoms with E-state index in [4.69, 9.17) is 23.7 Å². The van der Waals surface area contributed by atoms with Crippen LogP contribution in [0.5, 0.6) is 0 Å². The molecule has 0 aliphatic carbocycles. The average Bonchev–Trinajstić information content (AvgIpc) is 2.83. The molecule has 3 aliphatic heterocycles. The minimum absolute atomic E-state index is 0.613. The summed E-state index contributed by atoms with van der Waals surface area (Å²) in [5.74, 6) is 0. The maximum absolute atomic E-state index is 10.8. The van der Waals surface area contributed by atoms with Crippen molar-refractivity contribution in [3.63, 3.8) is 0 Å². The van der Waals surface area contributed by atoms with E-state index in [1.54, 1.807) is 0 Å². The summed E-state index contributed by atoms with van der Waals surface area (Å²) < 4.78 is 27.1. The first kappa shape index (κ1) is 28.0. The Kier molecular flexibility index (Phi) is 9.57. The van der Waals surface area contributed by atoms with Crippen LogP contribution in [-0.4, -0.2) is 163 Å². The Morgan fingerprint density at radius 3 is 1.56 bits per heavy atom. The van der Waals surface area contributed by atoms with E-state index in [0.29, 0.717) is 0 Å². The molecule has 15 unspecified atom stereocenters. The summed E-state index contributed by atoms with van der Waals surface area (Å²) in [6, 6.07) is 0. The van der Waals surface area contributed by atoms with Crippen molar-refractivity contribution in [2.45, 2.75) is 98.9 Å². The predicted octanol–water partition coefficient (Wildman–Crippen LogP) is -6.50. The maximum atomic E-state index is 10.8. The molecule has 15 nitrogen and oxygen atoms in total. The fourth-order valence-corrected chi connectivity index (χ4v) is 4.26. The molecule has 3 aliphatic rings. The van der Waals surface area contributed by atoms with Gasteiger partial charge in [0.2, 0.25) is 0 Å². The lowest BCUT2D eigenvalue weighted by Gasteiger charge is -2.48. The number of hydrogen-bond donors (Lipinski definition) is 10. The fraction of sp³-hybridized carbons (Fsp3) is 1.00.